The van der Waals surface area contributed by atoms with Crippen LogP contribution < -0.4 is 20.5 Å². The first kappa shape index (κ1) is 29.4. The lowest BCUT2D eigenvalue weighted by atomic mass is 9.95. The van der Waals surface area contributed by atoms with E-state index in [4.69, 9.17) is 9.88 Å². The monoisotopic (exact) mass is 581 g/mol. The van der Waals surface area contributed by atoms with Crippen molar-refractivity contribution in [2.45, 2.75) is 38.4 Å². The van der Waals surface area contributed by atoms with E-state index in [0.29, 0.717) is 24.1 Å². The molecule has 4 rings (SSSR count). The van der Waals surface area contributed by atoms with Crippen molar-refractivity contribution in [2.75, 3.05) is 18.9 Å². The van der Waals surface area contributed by atoms with Crippen LogP contribution in [0.5, 0.6) is 5.75 Å². The minimum Gasteiger partial charge on any atom is -0.598 e. The highest BCUT2D eigenvalue weighted by molar-refractivity contribution is 7.89. The van der Waals surface area contributed by atoms with Crippen LogP contribution in [0.2, 0.25) is 0 Å². The van der Waals surface area contributed by atoms with Gasteiger partial charge in [-0.25, -0.2) is 9.07 Å². The zero-order valence-corrected chi connectivity index (χ0v) is 22.2. The molecule has 0 aliphatic carbocycles. The van der Waals surface area contributed by atoms with Crippen LogP contribution in [-0.4, -0.2) is 57.3 Å². The molecule has 2 unspecified atom stereocenters. The molecule has 3 aromatic rings. The van der Waals surface area contributed by atoms with E-state index in [1.54, 1.807) is 25.1 Å². The Morgan fingerprint density at radius 3 is 2.77 bits per heavy atom. The van der Waals surface area contributed by atoms with Crippen molar-refractivity contribution in [3.63, 3.8) is 0 Å². The molecule has 9 nitrogen and oxygen atoms in total. The maximum Gasteiger partial charge on any atom is 0.422 e. The normalized spacial score (nSPS) is 15.8. The predicted octanol–water partition coefficient (Wildman–Crippen LogP) is 2.90. The number of ether oxygens (including phenoxy) is 1. The molecule has 1 aliphatic heterocycles. The number of alkyl halides is 3. The Hall–Kier alpha value is -3.62. The number of aromatic nitrogens is 2. The van der Waals surface area contributed by atoms with Crippen molar-refractivity contribution >= 4 is 23.2 Å². The van der Waals surface area contributed by atoms with Crippen LogP contribution in [-0.2, 0) is 24.2 Å². The largest absolute Gasteiger partial charge is 0.598 e. The van der Waals surface area contributed by atoms with E-state index in [2.05, 4.69) is 15.7 Å². The standard InChI is InChI=1S/C26H27F4N5O4S/c1-15-5-8-18(13-20(15)27)35-23(25(37)32-9-10-40(31)38)22-21(34-35)12-17(33-24(22)36)7-6-16-3-2-4-19(11-16)39-14-26(28,29)30/h2-5,8,11,13,17H,6-7,9-10,12,14,31H2,1H3,(H,32,37)(H,33,36). The number of nitrogens with two attached hydrogens (primary N) is 1. The number of nitrogens with zero attached hydrogens (tertiary/aromatic N) is 2. The van der Waals surface area contributed by atoms with E-state index < -0.39 is 41.8 Å². The number of nitrogens with one attached hydrogen (secondary N) is 2. The van der Waals surface area contributed by atoms with Gasteiger partial charge in [-0.05, 0) is 55.2 Å². The molecule has 2 heterocycles. The van der Waals surface area contributed by atoms with Gasteiger partial charge in [-0.1, -0.05) is 18.2 Å². The average molecular weight is 582 g/mol. The Kier molecular flexibility index (Phi) is 9.01. The average Bonchev–Trinajstić information content (AvgIpc) is 3.28. The lowest BCUT2D eigenvalue weighted by Crippen LogP contribution is -2.42. The molecule has 0 fully saturated rings. The Morgan fingerprint density at radius 1 is 1.30 bits per heavy atom. The Labute approximate surface area is 230 Å². The van der Waals surface area contributed by atoms with E-state index in [9.17, 15) is 31.7 Å². The van der Waals surface area contributed by atoms with Crippen molar-refractivity contribution in [3.8, 4) is 11.4 Å². The van der Waals surface area contributed by atoms with Gasteiger partial charge in [0.15, 0.2) is 6.61 Å². The van der Waals surface area contributed by atoms with Crippen molar-refractivity contribution in [3.05, 3.63) is 76.4 Å². The number of aryl methyl sites for hydroxylation is 2. The molecule has 1 aromatic heterocycles. The second-order valence-corrected chi connectivity index (χ2v) is 10.5. The summed E-state index contributed by atoms with van der Waals surface area (Å²) in [6, 6.07) is 10.2. The van der Waals surface area contributed by atoms with Gasteiger partial charge < -0.3 is 19.9 Å². The van der Waals surface area contributed by atoms with Gasteiger partial charge in [-0.15, -0.1) is 0 Å². The minimum atomic E-state index is -4.45. The summed E-state index contributed by atoms with van der Waals surface area (Å²) in [5.74, 6) is -1.63. The fraction of sp³-hybridized carbons (Fsp3) is 0.346. The smallest absolute Gasteiger partial charge is 0.422 e. The van der Waals surface area contributed by atoms with Crippen molar-refractivity contribution in [1.29, 1.82) is 0 Å². The van der Waals surface area contributed by atoms with Gasteiger partial charge in [0.1, 0.15) is 23.0 Å². The number of hydrogen-bond acceptors (Lipinski definition) is 6. The van der Waals surface area contributed by atoms with Gasteiger partial charge >= 0.3 is 6.18 Å². The second-order valence-electron chi connectivity index (χ2n) is 9.32. The molecule has 0 saturated carbocycles. The summed E-state index contributed by atoms with van der Waals surface area (Å²) in [5.41, 5.74) is 1.65. The first-order valence-corrected chi connectivity index (χ1v) is 13.7. The van der Waals surface area contributed by atoms with E-state index in [1.165, 1.54) is 28.9 Å². The summed E-state index contributed by atoms with van der Waals surface area (Å²) in [6.45, 7) is 0.176. The predicted molar refractivity (Wildman–Crippen MR) is 139 cm³/mol. The quantitative estimate of drug-likeness (QED) is 0.249. The lowest BCUT2D eigenvalue weighted by Gasteiger charge is -2.23. The molecule has 4 N–H and O–H groups in total. The number of benzene rings is 2. The first-order chi connectivity index (χ1) is 18.9. The molecule has 0 saturated heterocycles. The highest BCUT2D eigenvalue weighted by Crippen LogP contribution is 2.26. The summed E-state index contributed by atoms with van der Waals surface area (Å²) >= 11 is -1.64. The Morgan fingerprint density at radius 2 is 2.08 bits per heavy atom. The maximum atomic E-state index is 14.4. The summed E-state index contributed by atoms with van der Waals surface area (Å²) in [7, 11) is 0. The van der Waals surface area contributed by atoms with Crippen LogP contribution in [0.1, 0.15) is 44.1 Å². The molecular formula is C26H27F4N5O4S. The third-order valence-corrected chi connectivity index (χ3v) is 6.85. The third kappa shape index (κ3) is 7.31. The fourth-order valence-corrected chi connectivity index (χ4v) is 4.62. The summed E-state index contributed by atoms with van der Waals surface area (Å²) < 4.78 is 69.0. The molecule has 0 spiro atoms. The molecule has 2 aromatic carbocycles. The van der Waals surface area contributed by atoms with Gasteiger partial charge in [0.05, 0.1) is 23.5 Å². The SMILES string of the molecule is Cc1ccc(-n2nc3c(c2C(=O)NCC[S+](N)[O-])C(=O)NC(CCc2cccc(OCC(F)(F)F)c2)C3)cc1F. The molecule has 0 radical (unpaired) electrons. The number of fused-ring (bicyclic) bond motifs is 1. The second kappa shape index (κ2) is 12.3. The van der Waals surface area contributed by atoms with Gasteiger partial charge in [-0.3, -0.25) is 9.59 Å². The Balaban J connectivity index is 1.55. The van der Waals surface area contributed by atoms with Crippen LogP contribution >= 0.6 is 0 Å². The zero-order valence-electron chi connectivity index (χ0n) is 21.4. The van der Waals surface area contributed by atoms with E-state index in [1.807, 2.05) is 0 Å². The topological polar surface area (TPSA) is 134 Å². The summed E-state index contributed by atoms with van der Waals surface area (Å²) in [4.78, 5) is 26.3. The van der Waals surface area contributed by atoms with Gasteiger partial charge in [0, 0.05) is 23.8 Å². The van der Waals surface area contributed by atoms with Crippen LogP contribution in [0.25, 0.3) is 5.69 Å². The zero-order chi connectivity index (χ0) is 29.0. The fourth-order valence-electron chi connectivity index (χ4n) is 4.32. The number of carbonyl (C=O) groups is 2. The number of amides is 2. The highest BCUT2D eigenvalue weighted by atomic mass is 32.2. The van der Waals surface area contributed by atoms with Gasteiger partial charge in [0.25, 0.3) is 11.8 Å². The Bertz CT molecular complexity index is 1400. The first-order valence-electron chi connectivity index (χ1n) is 12.3. The molecule has 2 amide bonds. The minimum absolute atomic E-state index is 0.00204. The van der Waals surface area contributed by atoms with Crippen LogP contribution in [0, 0.1) is 12.7 Å². The van der Waals surface area contributed by atoms with Crippen molar-refractivity contribution in [2.24, 2.45) is 5.14 Å². The van der Waals surface area contributed by atoms with Crippen molar-refractivity contribution < 1.29 is 36.4 Å². The molecule has 1 aliphatic rings. The molecule has 40 heavy (non-hydrogen) atoms. The summed E-state index contributed by atoms with van der Waals surface area (Å²) in [6.07, 6.45) is -3.33. The molecular weight excluding hydrogens is 554 g/mol. The third-order valence-electron chi connectivity index (χ3n) is 6.25. The van der Waals surface area contributed by atoms with E-state index in [-0.39, 0.29) is 47.5 Å². The molecule has 0 bridgehead atoms. The summed E-state index contributed by atoms with van der Waals surface area (Å²) in [5, 5.41) is 15.2. The maximum absolute atomic E-state index is 14.4. The van der Waals surface area contributed by atoms with Crippen LogP contribution in [0.4, 0.5) is 17.6 Å². The lowest BCUT2D eigenvalue weighted by molar-refractivity contribution is -0.153. The molecule has 214 valence electrons. The number of carbonyl (C=O) groups excluding carboxylic acids is 2. The van der Waals surface area contributed by atoms with E-state index >= 15 is 0 Å². The number of halogens is 4. The highest BCUT2D eigenvalue weighted by Gasteiger charge is 2.35. The molecule has 14 heteroatoms. The van der Waals surface area contributed by atoms with E-state index in [0.717, 1.165) is 5.56 Å². The number of rotatable bonds is 10. The van der Waals surface area contributed by atoms with Crippen molar-refractivity contribution in [1.82, 2.24) is 20.4 Å². The van der Waals surface area contributed by atoms with Gasteiger partial charge in [0.2, 0.25) is 0 Å². The van der Waals surface area contributed by atoms with Gasteiger partial charge in [-0.2, -0.15) is 23.4 Å². The molecule has 2 atom stereocenters. The number of hydrogen-bond donors (Lipinski definition) is 3. The van der Waals surface area contributed by atoms with Crippen LogP contribution in [0.15, 0.2) is 42.5 Å². The van der Waals surface area contributed by atoms with Crippen LogP contribution in [0.3, 0.4) is 0 Å².